The molecule has 0 aliphatic carbocycles. The highest BCUT2D eigenvalue weighted by atomic mass is 32.2. The second-order valence-electron chi connectivity index (χ2n) is 7.18. The number of hydrogen-bond donors (Lipinski definition) is 1. The van der Waals surface area contributed by atoms with E-state index in [4.69, 9.17) is 4.98 Å². The zero-order valence-corrected chi connectivity index (χ0v) is 18.2. The number of para-hydroxylation sites is 1. The molecule has 154 valence electrons. The third-order valence-corrected chi connectivity index (χ3v) is 6.46. The Morgan fingerprint density at radius 3 is 2.53 bits per heavy atom. The highest BCUT2D eigenvalue weighted by molar-refractivity contribution is 8.00. The fourth-order valence-corrected chi connectivity index (χ4v) is 4.46. The first-order chi connectivity index (χ1) is 14.6. The van der Waals surface area contributed by atoms with E-state index in [0.29, 0.717) is 11.6 Å². The van der Waals surface area contributed by atoms with E-state index in [1.807, 2.05) is 62.4 Å². The highest BCUT2D eigenvalue weighted by Crippen LogP contribution is 2.29. The molecule has 4 aromatic rings. The van der Waals surface area contributed by atoms with Crippen molar-refractivity contribution in [3.63, 3.8) is 0 Å². The second kappa shape index (κ2) is 8.83. The fraction of sp³-hybridized carbons (Fsp3) is 0.304. The van der Waals surface area contributed by atoms with E-state index in [9.17, 15) is 4.79 Å². The Labute approximate surface area is 180 Å². The van der Waals surface area contributed by atoms with Gasteiger partial charge in [0.15, 0.2) is 5.65 Å². The number of nitrogens with zero attached hydrogens (tertiary/aromatic N) is 4. The average Bonchev–Trinajstić information content (AvgIpc) is 3.10. The smallest absolute Gasteiger partial charge is 0.234 e. The van der Waals surface area contributed by atoms with E-state index in [-0.39, 0.29) is 17.2 Å². The Balaban J connectivity index is 1.57. The summed E-state index contributed by atoms with van der Waals surface area (Å²) in [6.07, 6.45) is 0.677. The van der Waals surface area contributed by atoms with Crippen LogP contribution >= 0.6 is 11.8 Å². The first-order valence-electron chi connectivity index (χ1n) is 10.3. The number of hydrogen-bond acceptors (Lipinski definition) is 5. The van der Waals surface area contributed by atoms with Crippen LogP contribution in [0.5, 0.6) is 0 Å². The number of benzene rings is 2. The van der Waals surface area contributed by atoms with Crippen LogP contribution in [0.1, 0.15) is 38.8 Å². The molecular weight excluding hydrogens is 394 g/mol. The van der Waals surface area contributed by atoms with E-state index < -0.39 is 0 Å². The summed E-state index contributed by atoms with van der Waals surface area (Å²) in [5, 5.41) is 13.2. The lowest BCUT2D eigenvalue weighted by atomic mass is 10.1. The summed E-state index contributed by atoms with van der Waals surface area (Å²) >= 11 is 1.37. The molecule has 0 radical (unpaired) electrons. The summed E-state index contributed by atoms with van der Waals surface area (Å²) in [4.78, 5) is 17.6. The Morgan fingerprint density at radius 2 is 1.80 bits per heavy atom. The summed E-state index contributed by atoms with van der Waals surface area (Å²) in [5.41, 5.74) is 3.79. The van der Waals surface area contributed by atoms with Crippen molar-refractivity contribution in [2.45, 2.75) is 50.2 Å². The minimum atomic E-state index is -0.283. The Kier molecular flexibility index (Phi) is 5.99. The van der Waals surface area contributed by atoms with Gasteiger partial charge >= 0.3 is 0 Å². The molecule has 1 amide bonds. The second-order valence-corrected chi connectivity index (χ2v) is 8.35. The monoisotopic (exact) mass is 419 g/mol. The molecule has 1 N–H and O–H groups in total. The van der Waals surface area contributed by atoms with Gasteiger partial charge in [0.25, 0.3) is 0 Å². The van der Waals surface area contributed by atoms with Crippen LogP contribution in [-0.4, -0.2) is 30.9 Å². The quantitative estimate of drug-likeness (QED) is 0.438. The number of rotatable bonds is 7. The van der Waals surface area contributed by atoms with Crippen molar-refractivity contribution >= 4 is 39.7 Å². The molecule has 2 aromatic heterocycles. The van der Waals surface area contributed by atoms with Gasteiger partial charge in [-0.05, 0) is 31.9 Å². The predicted molar refractivity (Wildman–Crippen MR) is 121 cm³/mol. The van der Waals surface area contributed by atoms with Gasteiger partial charge in [-0.25, -0.2) is 4.98 Å². The molecule has 7 heteroatoms. The van der Waals surface area contributed by atoms with Crippen LogP contribution in [0.4, 0.5) is 0 Å². The summed E-state index contributed by atoms with van der Waals surface area (Å²) in [6.45, 7) is 6.88. The first-order valence-corrected chi connectivity index (χ1v) is 11.1. The molecule has 0 aliphatic heterocycles. The topological polar surface area (TPSA) is 72.7 Å². The first kappa shape index (κ1) is 20.3. The molecular formula is C23H25N5OS. The van der Waals surface area contributed by atoms with Crippen LogP contribution in [-0.2, 0) is 11.3 Å². The van der Waals surface area contributed by atoms with E-state index in [1.54, 1.807) is 0 Å². The summed E-state index contributed by atoms with van der Waals surface area (Å²) < 4.78 is 2.14. The van der Waals surface area contributed by atoms with E-state index in [1.165, 1.54) is 11.8 Å². The average molecular weight is 420 g/mol. The maximum absolute atomic E-state index is 12.9. The highest BCUT2D eigenvalue weighted by Gasteiger charge is 2.22. The largest absolute Gasteiger partial charge is 0.349 e. The number of carbonyl (C=O) groups excluding carboxylic acids is 1. The van der Waals surface area contributed by atoms with Gasteiger partial charge in [0.1, 0.15) is 5.52 Å². The van der Waals surface area contributed by atoms with Crippen LogP contribution < -0.4 is 5.32 Å². The molecule has 2 atom stereocenters. The maximum atomic E-state index is 12.9. The number of aryl methyl sites for hydroxylation is 1. The van der Waals surface area contributed by atoms with Crippen LogP contribution in [0.3, 0.4) is 0 Å². The minimum absolute atomic E-state index is 0.0152. The lowest BCUT2D eigenvalue weighted by Gasteiger charge is -2.18. The van der Waals surface area contributed by atoms with Gasteiger partial charge in [0.05, 0.1) is 16.8 Å². The molecule has 6 nitrogen and oxygen atoms in total. The molecule has 0 aliphatic rings. The Hall–Kier alpha value is -2.93. The van der Waals surface area contributed by atoms with E-state index >= 15 is 0 Å². The summed E-state index contributed by atoms with van der Waals surface area (Å²) in [5.74, 6) is -0.0152. The summed E-state index contributed by atoms with van der Waals surface area (Å²) in [6, 6.07) is 18.0. The van der Waals surface area contributed by atoms with Crippen LogP contribution in [0.2, 0.25) is 0 Å². The van der Waals surface area contributed by atoms with Gasteiger partial charge in [0, 0.05) is 11.9 Å². The van der Waals surface area contributed by atoms with Gasteiger partial charge in [-0.3, -0.25) is 4.79 Å². The zero-order valence-electron chi connectivity index (χ0n) is 17.4. The number of aromatic nitrogens is 4. The van der Waals surface area contributed by atoms with Crippen molar-refractivity contribution in [3.8, 4) is 0 Å². The van der Waals surface area contributed by atoms with Crippen molar-refractivity contribution in [1.82, 2.24) is 25.1 Å². The van der Waals surface area contributed by atoms with Crippen molar-refractivity contribution in [3.05, 3.63) is 60.2 Å². The molecule has 0 saturated heterocycles. The van der Waals surface area contributed by atoms with Crippen LogP contribution in [0.25, 0.3) is 22.1 Å². The lowest BCUT2D eigenvalue weighted by molar-refractivity contribution is -0.121. The molecule has 4 rings (SSSR count). The standard InChI is InChI=1S/C23H25N5OS/c1-4-19(22(29)24-15(3)16-11-7-6-8-12-16)30-23-25-21-20(26-27-23)17-13-9-10-14-18(17)28(21)5-2/h6-15,19H,4-5H2,1-3H3,(H,24,29)/t15-,19-/m1/s1. The third kappa shape index (κ3) is 3.89. The number of nitrogens with one attached hydrogen (secondary N) is 1. The van der Waals surface area contributed by atoms with Gasteiger partial charge in [-0.1, -0.05) is 67.2 Å². The maximum Gasteiger partial charge on any atom is 0.234 e. The Bertz CT molecular complexity index is 1170. The van der Waals surface area contributed by atoms with Gasteiger partial charge < -0.3 is 9.88 Å². The van der Waals surface area contributed by atoms with E-state index in [0.717, 1.165) is 34.2 Å². The molecule has 0 unspecified atom stereocenters. The molecule has 2 heterocycles. The lowest BCUT2D eigenvalue weighted by Crippen LogP contribution is -2.34. The molecule has 30 heavy (non-hydrogen) atoms. The van der Waals surface area contributed by atoms with Crippen molar-refractivity contribution < 1.29 is 4.79 Å². The number of thioether (sulfide) groups is 1. The molecule has 2 aromatic carbocycles. The van der Waals surface area contributed by atoms with E-state index in [2.05, 4.69) is 33.1 Å². The zero-order chi connectivity index (χ0) is 21.1. The van der Waals surface area contributed by atoms with Gasteiger partial charge in [0.2, 0.25) is 11.1 Å². The van der Waals surface area contributed by atoms with Crippen LogP contribution in [0, 0.1) is 0 Å². The third-order valence-electron chi connectivity index (χ3n) is 5.24. The minimum Gasteiger partial charge on any atom is -0.349 e. The number of carbonyl (C=O) groups is 1. The fourth-order valence-electron chi connectivity index (χ4n) is 3.64. The van der Waals surface area contributed by atoms with Gasteiger partial charge in [-0.2, -0.15) is 0 Å². The van der Waals surface area contributed by atoms with Crippen LogP contribution in [0.15, 0.2) is 59.8 Å². The Morgan fingerprint density at radius 1 is 1.07 bits per heavy atom. The normalized spacial score (nSPS) is 13.4. The van der Waals surface area contributed by atoms with Crippen molar-refractivity contribution in [1.29, 1.82) is 0 Å². The van der Waals surface area contributed by atoms with Crippen molar-refractivity contribution in [2.24, 2.45) is 0 Å². The predicted octanol–water partition coefficient (Wildman–Crippen LogP) is 4.75. The molecule has 0 spiro atoms. The summed E-state index contributed by atoms with van der Waals surface area (Å²) in [7, 11) is 0. The van der Waals surface area contributed by atoms with Crippen molar-refractivity contribution in [2.75, 3.05) is 0 Å². The molecule has 0 bridgehead atoms. The number of fused-ring (bicyclic) bond motifs is 3. The SMILES string of the molecule is CC[C@@H](Sc1nnc2c3ccccc3n(CC)c2n1)C(=O)N[C@H](C)c1ccccc1. The molecule has 0 fully saturated rings. The molecule has 0 saturated carbocycles. The van der Waals surface area contributed by atoms with Gasteiger partial charge in [-0.15, -0.1) is 10.2 Å². The number of amides is 1.